The van der Waals surface area contributed by atoms with E-state index in [0.29, 0.717) is 22.9 Å². The summed E-state index contributed by atoms with van der Waals surface area (Å²) in [7, 11) is 2.04. The van der Waals surface area contributed by atoms with Gasteiger partial charge in [-0.3, -0.25) is 19.8 Å². The number of aryl methyl sites for hydroxylation is 2. The Kier molecular flexibility index (Phi) is 6.33. The van der Waals surface area contributed by atoms with E-state index >= 15 is 0 Å². The van der Waals surface area contributed by atoms with Gasteiger partial charge in [0.15, 0.2) is 5.13 Å². The second kappa shape index (κ2) is 9.15. The number of hydrogen-bond donors (Lipinski definition) is 0. The Bertz CT molecular complexity index is 974. The van der Waals surface area contributed by atoms with Crippen LogP contribution in [-0.2, 0) is 12.8 Å². The molecule has 0 bridgehead atoms. The fourth-order valence-corrected chi connectivity index (χ4v) is 5.26. The molecule has 2 heterocycles. The van der Waals surface area contributed by atoms with E-state index in [1.54, 1.807) is 34.4 Å². The Balaban J connectivity index is 1.64. The third kappa shape index (κ3) is 4.47. The van der Waals surface area contributed by atoms with Gasteiger partial charge in [0.25, 0.3) is 11.6 Å². The standard InChI is InChI=1S/C22H27N5O3S/c1-3-10-26(22-23-17-6-4-5-7-20(17)31-22)21(28)16-8-9-18(19(15-16)27(29)30)25-13-11-24(2)12-14-25/h3,8-9,15H,1,4-7,10-14H2,2H3. The van der Waals surface area contributed by atoms with E-state index < -0.39 is 4.92 Å². The molecule has 1 amide bonds. The van der Waals surface area contributed by atoms with Crippen molar-refractivity contribution in [2.24, 2.45) is 0 Å². The Morgan fingerprint density at radius 1 is 1.29 bits per heavy atom. The van der Waals surface area contributed by atoms with Crippen molar-refractivity contribution < 1.29 is 9.72 Å². The molecule has 1 aromatic carbocycles. The second-order valence-electron chi connectivity index (χ2n) is 8.03. The minimum atomic E-state index is -0.398. The molecule has 0 unspecified atom stereocenters. The van der Waals surface area contributed by atoms with Crippen molar-refractivity contribution in [3.05, 3.63) is 57.1 Å². The summed E-state index contributed by atoms with van der Waals surface area (Å²) in [6.45, 7) is 7.21. The van der Waals surface area contributed by atoms with Gasteiger partial charge in [0.1, 0.15) is 5.69 Å². The number of anilines is 2. The van der Waals surface area contributed by atoms with E-state index in [0.717, 1.165) is 57.6 Å². The summed E-state index contributed by atoms with van der Waals surface area (Å²) < 4.78 is 0. The summed E-state index contributed by atoms with van der Waals surface area (Å²) in [5, 5.41) is 12.5. The van der Waals surface area contributed by atoms with Crippen LogP contribution in [0, 0.1) is 10.1 Å². The van der Waals surface area contributed by atoms with Crippen molar-refractivity contribution in [1.29, 1.82) is 0 Å². The van der Waals surface area contributed by atoms with Gasteiger partial charge in [-0.05, 0) is 44.9 Å². The van der Waals surface area contributed by atoms with Crippen LogP contribution >= 0.6 is 11.3 Å². The Hall–Kier alpha value is -2.78. The summed E-state index contributed by atoms with van der Waals surface area (Å²) in [5.41, 5.74) is 1.89. The van der Waals surface area contributed by atoms with Crippen molar-refractivity contribution in [3.63, 3.8) is 0 Å². The molecule has 4 rings (SSSR count). The summed E-state index contributed by atoms with van der Waals surface area (Å²) in [5.74, 6) is -0.293. The van der Waals surface area contributed by atoms with Crippen LogP contribution in [0.1, 0.15) is 33.8 Å². The highest BCUT2D eigenvalue weighted by atomic mass is 32.1. The largest absolute Gasteiger partial charge is 0.363 e. The van der Waals surface area contributed by atoms with Crippen LogP contribution in [0.3, 0.4) is 0 Å². The number of amides is 1. The number of aromatic nitrogens is 1. The zero-order valence-corrected chi connectivity index (χ0v) is 18.6. The first kappa shape index (κ1) is 21.5. The molecule has 8 nitrogen and oxygen atoms in total. The van der Waals surface area contributed by atoms with Crippen LogP contribution in [0.25, 0.3) is 0 Å². The van der Waals surface area contributed by atoms with Gasteiger partial charge in [-0.2, -0.15) is 0 Å². The lowest BCUT2D eigenvalue weighted by atomic mass is 10.0. The van der Waals surface area contributed by atoms with Crippen LogP contribution in [0.15, 0.2) is 30.9 Å². The van der Waals surface area contributed by atoms with Gasteiger partial charge in [-0.25, -0.2) is 4.98 Å². The molecule has 164 valence electrons. The molecule has 0 spiro atoms. The predicted molar refractivity (Wildman–Crippen MR) is 123 cm³/mol. The molecule has 0 N–H and O–H groups in total. The molecule has 1 saturated heterocycles. The van der Waals surface area contributed by atoms with Crippen molar-refractivity contribution >= 4 is 33.8 Å². The number of nitro groups is 1. The molecule has 31 heavy (non-hydrogen) atoms. The zero-order valence-electron chi connectivity index (χ0n) is 17.7. The van der Waals surface area contributed by atoms with Gasteiger partial charge in [0.2, 0.25) is 0 Å². The number of carbonyl (C=O) groups excluding carboxylic acids is 1. The van der Waals surface area contributed by atoms with Gasteiger partial charge in [0, 0.05) is 49.2 Å². The molecule has 9 heteroatoms. The molecule has 0 atom stereocenters. The number of nitro benzene ring substituents is 1. The lowest BCUT2D eigenvalue weighted by molar-refractivity contribution is -0.384. The predicted octanol–water partition coefficient (Wildman–Crippen LogP) is 3.51. The summed E-state index contributed by atoms with van der Waals surface area (Å²) >= 11 is 1.54. The Labute approximate surface area is 185 Å². The number of piperazine rings is 1. The number of hydrogen-bond acceptors (Lipinski definition) is 7. The maximum Gasteiger partial charge on any atom is 0.293 e. The third-order valence-corrected chi connectivity index (χ3v) is 7.07. The Morgan fingerprint density at radius 3 is 2.71 bits per heavy atom. The Morgan fingerprint density at radius 2 is 2.03 bits per heavy atom. The van der Waals surface area contributed by atoms with E-state index in [-0.39, 0.29) is 11.6 Å². The SMILES string of the molecule is C=CCN(C(=O)c1ccc(N2CCN(C)CC2)c([N+](=O)[O-])c1)c1nc2c(s1)CCCC2. The van der Waals surface area contributed by atoms with Crippen LogP contribution < -0.4 is 9.80 Å². The lowest BCUT2D eigenvalue weighted by Gasteiger charge is -2.33. The molecule has 0 radical (unpaired) electrons. The van der Waals surface area contributed by atoms with Crippen molar-refractivity contribution in [2.75, 3.05) is 49.6 Å². The second-order valence-corrected chi connectivity index (χ2v) is 9.09. The molecule has 1 aliphatic carbocycles. The molecule has 2 aliphatic rings. The maximum atomic E-state index is 13.4. The van der Waals surface area contributed by atoms with Gasteiger partial charge < -0.3 is 9.80 Å². The minimum Gasteiger partial charge on any atom is -0.363 e. The number of likely N-dealkylation sites (N-methyl/N-ethyl adjacent to an activating group) is 1. The van der Waals surface area contributed by atoms with E-state index in [2.05, 4.69) is 11.5 Å². The first-order valence-corrected chi connectivity index (χ1v) is 11.4. The van der Waals surface area contributed by atoms with Gasteiger partial charge in [0.05, 0.1) is 10.6 Å². The highest BCUT2D eigenvalue weighted by molar-refractivity contribution is 7.16. The highest BCUT2D eigenvalue weighted by Crippen LogP contribution is 2.34. The molecule has 1 aliphatic heterocycles. The number of fused-ring (bicyclic) bond motifs is 1. The first-order chi connectivity index (χ1) is 15.0. The smallest absolute Gasteiger partial charge is 0.293 e. The van der Waals surface area contributed by atoms with Gasteiger partial charge >= 0.3 is 0 Å². The number of thiazole rings is 1. The van der Waals surface area contributed by atoms with Crippen LogP contribution in [-0.4, -0.2) is 60.5 Å². The topological polar surface area (TPSA) is 82.8 Å². The minimum absolute atomic E-state index is 0.0348. The average molecular weight is 442 g/mol. The normalized spacial score (nSPS) is 16.6. The van der Waals surface area contributed by atoms with E-state index in [1.807, 2.05) is 11.9 Å². The molecule has 2 aromatic rings. The van der Waals surface area contributed by atoms with Gasteiger partial charge in [-0.1, -0.05) is 6.08 Å². The number of rotatable bonds is 6. The van der Waals surface area contributed by atoms with Crippen LogP contribution in [0.2, 0.25) is 0 Å². The highest BCUT2D eigenvalue weighted by Gasteiger charge is 2.28. The lowest BCUT2D eigenvalue weighted by Crippen LogP contribution is -2.44. The quantitative estimate of drug-likeness (QED) is 0.388. The zero-order chi connectivity index (χ0) is 22.0. The summed E-state index contributed by atoms with van der Waals surface area (Å²) in [6, 6.07) is 4.79. The monoisotopic (exact) mass is 441 g/mol. The molecular weight excluding hydrogens is 414 g/mol. The molecule has 1 aromatic heterocycles. The van der Waals surface area contributed by atoms with Gasteiger partial charge in [-0.15, -0.1) is 17.9 Å². The van der Waals surface area contributed by atoms with E-state index in [4.69, 9.17) is 4.98 Å². The third-order valence-electron chi connectivity index (χ3n) is 5.89. The molecule has 1 fully saturated rings. The number of benzene rings is 1. The fourth-order valence-electron chi connectivity index (χ4n) is 4.10. The van der Waals surface area contributed by atoms with E-state index in [1.165, 1.54) is 10.9 Å². The number of nitrogens with zero attached hydrogens (tertiary/aromatic N) is 5. The summed E-state index contributed by atoms with van der Waals surface area (Å²) in [6.07, 6.45) is 5.85. The van der Waals surface area contributed by atoms with Crippen molar-refractivity contribution in [1.82, 2.24) is 9.88 Å². The van der Waals surface area contributed by atoms with Crippen molar-refractivity contribution in [3.8, 4) is 0 Å². The van der Waals surface area contributed by atoms with Crippen LogP contribution in [0.4, 0.5) is 16.5 Å². The molecule has 0 saturated carbocycles. The number of carbonyl (C=O) groups is 1. The van der Waals surface area contributed by atoms with Crippen molar-refractivity contribution in [2.45, 2.75) is 25.7 Å². The molecular formula is C22H27N5O3S. The maximum absolute atomic E-state index is 13.4. The first-order valence-electron chi connectivity index (χ1n) is 10.6. The summed E-state index contributed by atoms with van der Waals surface area (Å²) in [4.78, 5) is 36.5. The average Bonchev–Trinajstić information content (AvgIpc) is 3.21. The van der Waals surface area contributed by atoms with E-state index in [9.17, 15) is 14.9 Å². The van der Waals surface area contributed by atoms with Crippen LogP contribution in [0.5, 0.6) is 0 Å². The fraction of sp³-hybridized carbons (Fsp3) is 0.455.